The fraction of sp³-hybridized carbons (Fsp3) is 0.167. The molecule has 3 aromatic rings. The molecule has 0 atom stereocenters. The summed E-state index contributed by atoms with van der Waals surface area (Å²) in [7, 11) is 0. The van der Waals surface area contributed by atoms with E-state index in [1.54, 1.807) is 24.4 Å². The Morgan fingerprint density at radius 2 is 1.67 bits per heavy atom. The minimum absolute atomic E-state index is 0.227. The van der Waals surface area contributed by atoms with E-state index in [4.69, 9.17) is 23.2 Å². The molecule has 0 saturated heterocycles. The van der Waals surface area contributed by atoms with Gasteiger partial charge in [-0.25, -0.2) is 9.37 Å². The van der Waals surface area contributed by atoms with Crippen LogP contribution in [0.5, 0.6) is 0 Å². The maximum Gasteiger partial charge on any atom is 0.123 e. The third kappa shape index (κ3) is 4.57. The van der Waals surface area contributed by atoms with Crippen LogP contribution in [0, 0.1) is 5.82 Å². The molecule has 1 N–H and O–H groups in total. The second kappa shape index (κ2) is 7.79. The highest BCUT2D eigenvalue weighted by molar-refractivity contribution is 6.34. The Morgan fingerprint density at radius 3 is 2.38 bits per heavy atom. The molecule has 0 radical (unpaired) electrons. The zero-order valence-corrected chi connectivity index (χ0v) is 14.4. The van der Waals surface area contributed by atoms with Gasteiger partial charge in [-0.05, 0) is 41.5 Å². The topological polar surface area (TPSA) is 29.9 Å². The smallest absolute Gasteiger partial charge is 0.123 e. The number of hydrogen-bond acceptors (Lipinski definition) is 2. The lowest BCUT2D eigenvalue weighted by atomic mass is 10.2. The molecule has 1 aromatic heterocycles. The van der Waals surface area contributed by atoms with E-state index in [0.29, 0.717) is 29.7 Å². The summed E-state index contributed by atoms with van der Waals surface area (Å²) < 4.78 is 14.9. The molecule has 0 aliphatic carbocycles. The van der Waals surface area contributed by atoms with E-state index in [9.17, 15) is 4.39 Å². The van der Waals surface area contributed by atoms with Gasteiger partial charge in [-0.2, -0.15) is 0 Å². The second-order valence-electron chi connectivity index (χ2n) is 5.48. The standard InChI is InChI=1S/C18H16Cl2FN3/c19-15-7-14(8-16(20)9-15)12-24-6-5-23-18(24)11-22-10-13-1-3-17(21)4-2-13/h1-9,22H,10-12H2. The van der Waals surface area contributed by atoms with Crippen LogP contribution in [0.3, 0.4) is 0 Å². The van der Waals surface area contributed by atoms with Crippen LogP contribution in [0.2, 0.25) is 10.0 Å². The molecule has 1 heterocycles. The third-order valence-electron chi connectivity index (χ3n) is 3.60. The molecule has 24 heavy (non-hydrogen) atoms. The van der Waals surface area contributed by atoms with E-state index in [0.717, 1.165) is 17.0 Å². The highest BCUT2D eigenvalue weighted by atomic mass is 35.5. The van der Waals surface area contributed by atoms with Gasteiger partial charge < -0.3 is 9.88 Å². The van der Waals surface area contributed by atoms with Gasteiger partial charge in [-0.1, -0.05) is 35.3 Å². The SMILES string of the molecule is Fc1ccc(CNCc2nccn2Cc2cc(Cl)cc(Cl)c2)cc1. The minimum atomic E-state index is -0.227. The van der Waals surface area contributed by atoms with Gasteiger partial charge in [0.2, 0.25) is 0 Å². The zero-order chi connectivity index (χ0) is 16.9. The van der Waals surface area contributed by atoms with E-state index in [1.165, 1.54) is 12.1 Å². The van der Waals surface area contributed by atoms with Crippen LogP contribution in [0.4, 0.5) is 4.39 Å². The van der Waals surface area contributed by atoms with Crippen molar-refractivity contribution in [1.29, 1.82) is 0 Å². The summed E-state index contributed by atoms with van der Waals surface area (Å²) in [5, 5.41) is 4.55. The molecule has 0 unspecified atom stereocenters. The molecule has 0 fully saturated rings. The Bertz CT molecular complexity index is 795. The first-order chi connectivity index (χ1) is 11.6. The van der Waals surface area contributed by atoms with Crippen molar-refractivity contribution in [2.75, 3.05) is 0 Å². The fourth-order valence-electron chi connectivity index (χ4n) is 2.47. The third-order valence-corrected chi connectivity index (χ3v) is 4.04. The van der Waals surface area contributed by atoms with E-state index in [2.05, 4.69) is 10.3 Å². The first kappa shape index (κ1) is 17.0. The molecule has 0 saturated carbocycles. The van der Waals surface area contributed by atoms with Crippen molar-refractivity contribution in [1.82, 2.24) is 14.9 Å². The molecule has 0 spiro atoms. The number of rotatable bonds is 6. The molecular weight excluding hydrogens is 348 g/mol. The van der Waals surface area contributed by atoms with E-state index < -0.39 is 0 Å². The zero-order valence-electron chi connectivity index (χ0n) is 12.8. The number of nitrogens with one attached hydrogen (secondary N) is 1. The largest absolute Gasteiger partial charge is 0.329 e. The lowest BCUT2D eigenvalue weighted by Crippen LogP contribution is -2.17. The van der Waals surface area contributed by atoms with Crippen molar-refractivity contribution in [3.63, 3.8) is 0 Å². The molecule has 3 nitrogen and oxygen atoms in total. The summed E-state index contributed by atoms with van der Waals surface area (Å²) >= 11 is 12.1. The maximum absolute atomic E-state index is 12.9. The molecular formula is C18H16Cl2FN3. The summed E-state index contributed by atoms with van der Waals surface area (Å²) in [5.41, 5.74) is 2.04. The van der Waals surface area contributed by atoms with Crippen LogP contribution < -0.4 is 5.32 Å². The number of nitrogens with zero attached hydrogens (tertiary/aromatic N) is 2. The van der Waals surface area contributed by atoms with Gasteiger partial charge in [0.05, 0.1) is 6.54 Å². The van der Waals surface area contributed by atoms with Crippen molar-refractivity contribution in [2.45, 2.75) is 19.6 Å². The summed E-state index contributed by atoms with van der Waals surface area (Å²) in [6.45, 7) is 1.91. The fourth-order valence-corrected chi connectivity index (χ4v) is 3.04. The Morgan fingerprint density at radius 1 is 0.958 bits per heavy atom. The second-order valence-corrected chi connectivity index (χ2v) is 6.35. The monoisotopic (exact) mass is 363 g/mol. The normalized spacial score (nSPS) is 11.0. The van der Waals surface area contributed by atoms with E-state index >= 15 is 0 Å². The first-order valence-electron chi connectivity index (χ1n) is 7.50. The van der Waals surface area contributed by atoms with Gasteiger partial charge >= 0.3 is 0 Å². The van der Waals surface area contributed by atoms with Crippen LogP contribution in [-0.4, -0.2) is 9.55 Å². The molecule has 0 bridgehead atoms. The van der Waals surface area contributed by atoms with Gasteiger partial charge in [0.15, 0.2) is 0 Å². The number of imidazole rings is 1. The van der Waals surface area contributed by atoms with Gasteiger partial charge in [0.25, 0.3) is 0 Å². The van der Waals surface area contributed by atoms with E-state index in [-0.39, 0.29) is 5.82 Å². The molecule has 0 aliphatic heterocycles. The summed E-state index contributed by atoms with van der Waals surface area (Å²) in [6, 6.07) is 11.9. The quantitative estimate of drug-likeness (QED) is 0.689. The average molecular weight is 364 g/mol. The summed E-state index contributed by atoms with van der Waals surface area (Å²) in [4.78, 5) is 4.38. The molecule has 0 amide bonds. The minimum Gasteiger partial charge on any atom is -0.329 e. The van der Waals surface area contributed by atoms with Gasteiger partial charge in [-0.15, -0.1) is 0 Å². The Kier molecular flexibility index (Phi) is 5.51. The maximum atomic E-state index is 12.9. The van der Waals surface area contributed by atoms with E-state index in [1.807, 2.05) is 22.9 Å². The summed E-state index contributed by atoms with van der Waals surface area (Å²) in [6.07, 6.45) is 3.69. The van der Waals surface area contributed by atoms with Crippen LogP contribution in [-0.2, 0) is 19.6 Å². The molecule has 2 aromatic carbocycles. The first-order valence-corrected chi connectivity index (χ1v) is 8.26. The average Bonchev–Trinajstić information content (AvgIpc) is 2.95. The van der Waals surface area contributed by atoms with Crippen molar-refractivity contribution in [3.05, 3.63) is 87.7 Å². The van der Waals surface area contributed by atoms with Gasteiger partial charge in [0.1, 0.15) is 11.6 Å². The predicted octanol–water partition coefficient (Wildman–Crippen LogP) is 4.67. The van der Waals surface area contributed by atoms with Crippen LogP contribution in [0.25, 0.3) is 0 Å². The number of halogens is 3. The number of hydrogen-bond donors (Lipinski definition) is 1. The van der Waals surface area contributed by atoms with Crippen molar-refractivity contribution >= 4 is 23.2 Å². The molecule has 0 aliphatic rings. The molecule has 3 rings (SSSR count). The summed E-state index contributed by atoms with van der Waals surface area (Å²) in [5.74, 6) is 0.683. The number of aromatic nitrogens is 2. The molecule has 124 valence electrons. The van der Waals surface area contributed by atoms with Crippen LogP contribution >= 0.6 is 23.2 Å². The van der Waals surface area contributed by atoms with Crippen molar-refractivity contribution < 1.29 is 4.39 Å². The highest BCUT2D eigenvalue weighted by Gasteiger charge is 2.05. The van der Waals surface area contributed by atoms with Crippen molar-refractivity contribution in [3.8, 4) is 0 Å². The lowest BCUT2D eigenvalue weighted by Gasteiger charge is -2.10. The molecule has 6 heteroatoms. The lowest BCUT2D eigenvalue weighted by molar-refractivity contribution is 0.614. The van der Waals surface area contributed by atoms with Gasteiger partial charge in [-0.3, -0.25) is 0 Å². The predicted molar refractivity (Wildman–Crippen MR) is 94.7 cm³/mol. The van der Waals surface area contributed by atoms with Crippen LogP contribution in [0.1, 0.15) is 17.0 Å². The van der Waals surface area contributed by atoms with Gasteiger partial charge in [0, 0.05) is 35.5 Å². The van der Waals surface area contributed by atoms with Crippen molar-refractivity contribution in [2.24, 2.45) is 0 Å². The highest BCUT2D eigenvalue weighted by Crippen LogP contribution is 2.20. The number of benzene rings is 2. The Labute approximate surface area is 150 Å². The van der Waals surface area contributed by atoms with Crippen LogP contribution in [0.15, 0.2) is 54.9 Å². The Hall–Kier alpha value is -1.88. The Balaban J connectivity index is 1.61.